The van der Waals surface area contributed by atoms with E-state index in [1.807, 2.05) is 6.08 Å². The fourth-order valence-corrected chi connectivity index (χ4v) is 4.49. The molecule has 0 spiro atoms. The van der Waals surface area contributed by atoms with Crippen molar-refractivity contribution in [3.8, 4) is 11.5 Å². The van der Waals surface area contributed by atoms with Crippen LogP contribution in [0.5, 0.6) is 0 Å². The minimum atomic E-state index is -1.59. The van der Waals surface area contributed by atoms with Crippen LogP contribution in [-0.4, -0.2) is 43.5 Å². The maximum absolute atomic E-state index is 10.9. The Bertz CT molecular complexity index is 930. The molecule has 0 N–H and O–H groups in total. The number of nitro benzene ring substituents is 1. The van der Waals surface area contributed by atoms with E-state index in [9.17, 15) is 10.1 Å². The average molecular weight is 535 g/mol. The van der Waals surface area contributed by atoms with Crippen LogP contribution in [0.4, 0.5) is 5.69 Å². The lowest BCUT2D eigenvalue weighted by Crippen LogP contribution is -2.30. The zero-order valence-electron chi connectivity index (χ0n) is 19.6. The van der Waals surface area contributed by atoms with Gasteiger partial charge in [0, 0.05) is 25.0 Å². The molecule has 8 heteroatoms. The van der Waals surface area contributed by atoms with Crippen molar-refractivity contribution in [2.45, 2.75) is 83.0 Å². The van der Waals surface area contributed by atoms with E-state index >= 15 is 0 Å². The summed E-state index contributed by atoms with van der Waals surface area (Å²) in [5, 5.41) is 10.9. The predicted octanol–water partition coefficient (Wildman–Crippen LogP) is 5.92. The summed E-state index contributed by atoms with van der Waals surface area (Å²) in [7, 11) is -1.59. The lowest BCUT2D eigenvalue weighted by atomic mass is 10.1. The van der Waals surface area contributed by atoms with Crippen LogP contribution in [0.1, 0.15) is 31.7 Å². The van der Waals surface area contributed by atoms with Gasteiger partial charge in [-0.1, -0.05) is 66.6 Å². The second-order valence-electron chi connectivity index (χ2n) is 9.42. The largest absolute Gasteiger partial charge is 0.368 e. The van der Waals surface area contributed by atoms with Gasteiger partial charge < -0.3 is 14.2 Å². The third-order valence-electron chi connectivity index (χ3n) is 5.49. The number of ether oxygens (including phenoxy) is 3. The number of halogens is 1. The molecule has 3 rings (SSSR count). The van der Waals surface area contributed by atoms with E-state index in [4.69, 9.17) is 14.2 Å². The number of nitrogens with zero attached hydrogens (tertiary/aromatic N) is 1. The van der Waals surface area contributed by atoms with Crippen molar-refractivity contribution in [3.05, 3.63) is 62.7 Å². The molecule has 2 saturated heterocycles. The standard InChI is InChI=1S/C25H32BrNO5Si/c1-5-19(26)7-6-8-21-15-23-25(31-21)16-24(32-23)22(13-14-33(2,3)4)30-17-18-9-11-20(12-10-18)27(28)29/h6-12,21-25H,5,15-17H2,1-4H3/b8-6+,19-7+/t21-,22+,23-,24+,25-/m0/s1. The minimum Gasteiger partial charge on any atom is -0.368 e. The Morgan fingerprint density at radius 2 is 1.97 bits per heavy atom. The number of benzene rings is 1. The van der Waals surface area contributed by atoms with Crippen LogP contribution in [0.3, 0.4) is 0 Å². The Morgan fingerprint density at radius 3 is 2.58 bits per heavy atom. The molecule has 2 heterocycles. The van der Waals surface area contributed by atoms with Gasteiger partial charge in [-0.25, -0.2) is 0 Å². The Kier molecular flexibility index (Phi) is 9.07. The Hall–Kier alpha value is -1.76. The van der Waals surface area contributed by atoms with Crippen LogP contribution in [0.25, 0.3) is 0 Å². The van der Waals surface area contributed by atoms with E-state index in [1.54, 1.807) is 12.1 Å². The van der Waals surface area contributed by atoms with Gasteiger partial charge in [0.1, 0.15) is 14.2 Å². The second kappa shape index (κ2) is 11.6. The maximum Gasteiger partial charge on any atom is 0.269 e. The average Bonchev–Trinajstić information content (AvgIpc) is 3.32. The van der Waals surface area contributed by atoms with Crippen LogP contribution < -0.4 is 0 Å². The van der Waals surface area contributed by atoms with Crippen molar-refractivity contribution in [1.29, 1.82) is 0 Å². The smallest absolute Gasteiger partial charge is 0.269 e. The predicted molar refractivity (Wildman–Crippen MR) is 136 cm³/mol. The molecule has 2 aliphatic heterocycles. The molecular formula is C25H32BrNO5Si. The molecule has 1 aromatic carbocycles. The van der Waals surface area contributed by atoms with Gasteiger partial charge in [-0.15, -0.1) is 5.54 Å². The SMILES string of the molecule is CC/C(Br)=C\C=C\[C@H]1C[C@@H]2O[C@@H]([C@@H](C#C[Si](C)(C)C)OCc3ccc([N+](=O)[O-])cc3)C[C@@H]2O1. The normalized spacial score (nSPS) is 26.2. The molecule has 33 heavy (non-hydrogen) atoms. The third kappa shape index (κ3) is 7.90. The summed E-state index contributed by atoms with van der Waals surface area (Å²) in [6, 6.07) is 6.43. The summed E-state index contributed by atoms with van der Waals surface area (Å²) in [5.41, 5.74) is 4.34. The molecule has 0 radical (unpaired) electrons. The zero-order valence-corrected chi connectivity index (χ0v) is 22.2. The molecule has 0 unspecified atom stereocenters. The molecule has 6 nitrogen and oxygen atoms in total. The van der Waals surface area contributed by atoms with Crippen LogP contribution >= 0.6 is 15.9 Å². The number of rotatable bonds is 8. The fraction of sp³-hybridized carbons (Fsp3) is 0.520. The summed E-state index contributed by atoms with van der Waals surface area (Å²) in [5.74, 6) is 3.33. The lowest BCUT2D eigenvalue weighted by molar-refractivity contribution is -0.384. The number of non-ortho nitro benzene ring substituents is 1. The summed E-state index contributed by atoms with van der Waals surface area (Å²) in [6.45, 7) is 9.02. The van der Waals surface area contributed by atoms with Crippen LogP contribution in [0.2, 0.25) is 19.6 Å². The van der Waals surface area contributed by atoms with Crippen LogP contribution in [-0.2, 0) is 20.8 Å². The molecule has 2 fully saturated rings. The number of hydrogen-bond donors (Lipinski definition) is 0. The summed E-state index contributed by atoms with van der Waals surface area (Å²) < 4.78 is 19.9. The molecule has 0 amide bonds. The van der Waals surface area contributed by atoms with Gasteiger partial charge in [-0.3, -0.25) is 10.1 Å². The Labute approximate surface area is 205 Å². The molecule has 178 valence electrons. The van der Waals surface area contributed by atoms with Crippen molar-refractivity contribution in [2.75, 3.05) is 0 Å². The van der Waals surface area contributed by atoms with Gasteiger partial charge in [-0.05, 0) is 28.6 Å². The fourth-order valence-electron chi connectivity index (χ4n) is 3.76. The van der Waals surface area contributed by atoms with Crippen molar-refractivity contribution >= 4 is 29.7 Å². The molecule has 2 aliphatic rings. The molecule has 1 aromatic rings. The first-order valence-corrected chi connectivity index (χ1v) is 15.7. The van der Waals surface area contributed by atoms with E-state index in [2.05, 4.69) is 66.1 Å². The van der Waals surface area contributed by atoms with E-state index in [0.717, 1.165) is 29.3 Å². The lowest BCUT2D eigenvalue weighted by Gasteiger charge is -2.21. The highest BCUT2D eigenvalue weighted by atomic mass is 79.9. The number of allylic oxidation sites excluding steroid dienone is 3. The number of nitro groups is 1. The molecule has 0 aromatic heterocycles. The van der Waals surface area contributed by atoms with Gasteiger partial charge in [0.15, 0.2) is 0 Å². The minimum absolute atomic E-state index is 0.0439. The number of hydrogen-bond acceptors (Lipinski definition) is 5. The van der Waals surface area contributed by atoms with E-state index in [-0.39, 0.29) is 36.2 Å². The Balaban J connectivity index is 1.62. The van der Waals surface area contributed by atoms with Gasteiger partial charge in [-0.2, -0.15) is 0 Å². The van der Waals surface area contributed by atoms with E-state index < -0.39 is 13.0 Å². The summed E-state index contributed by atoms with van der Waals surface area (Å²) in [4.78, 5) is 10.5. The van der Waals surface area contributed by atoms with Crippen molar-refractivity contribution in [2.24, 2.45) is 0 Å². The highest BCUT2D eigenvalue weighted by Crippen LogP contribution is 2.36. The van der Waals surface area contributed by atoms with Gasteiger partial charge in [0.05, 0.1) is 35.9 Å². The van der Waals surface area contributed by atoms with E-state index in [0.29, 0.717) is 6.61 Å². The highest BCUT2D eigenvalue weighted by Gasteiger charge is 2.45. The maximum atomic E-state index is 10.9. The van der Waals surface area contributed by atoms with Gasteiger partial charge in [0.2, 0.25) is 0 Å². The second-order valence-corrected chi connectivity index (χ2v) is 15.2. The first kappa shape index (κ1) is 25.9. The first-order chi connectivity index (χ1) is 15.6. The topological polar surface area (TPSA) is 70.8 Å². The monoisotopic (exact) mass is 533 g/mol. The molecule has 5 atom stereocenters. The number of fused-ring (bicyclic) bond motifs is 1. The molecule has 0 bridgehead atoms. The van der Waals surface area contributed by atoms with Crippen molar-refractivity contribution < 1.29 is 19.1 Å². The summed E-state index contributed by atoms with van der Waals surface area (Å²) >= 11 is 3.52. The van der Waals surface area contributed by atoms with Crippen LogP contribution in [0.15, 0.2) is 47.0 Å². The first-order valence-electron chi connectivity index (χ1n) is 11.4. The third-order valence-corrected chi connectivity index (χ3v) is 7.21. The molecule has 0 aliphatic carbocycles. The highest BCUT2D eigenvalue weighted by molar-refractivity contribution is 9.11. The van der Waals surface area contributed by atoms with E-state index in [1.165, 1.54) is 12.1 Å². The zero-order chi connectivity index (χ0) is 24.0. The quantitative estimate of drug-likeness (QED) is 0.136. The summed E-state index contributed by atoms with van der Waals surface area (Å²) in [6.07, 6.45) is 8.33. The van der Waals surface area contributed by atoms with Crippen molar-refractivity contribution in [3.63, 3.8) is 0 Å². The van der Waals surface area contributed by atoms with Gasteiger partial charge >= 0.3 is 0 Å². The molecule has 0 saturated carbocycles. The van der Waals surface area contributed by atoms with Gasteiger partial charge in [0.25, 0.3) is 5.69 Å². The Morgan fingerprint density at radius 1 is 1.27 bits per heavy atom. The van der Waals surface area contributed by atoms with Crippen molar-refractivity contribution in [1.82, 2.24) is 0 Å². The molecular weight excluding hydrogens is 502 g/mol. The van der Waals surface area contributed by atoms with Crippen LogP contribution in [0, 0.1) is 21.6 Å².